The number of nitrogens with two attached hydrogens (primary N) is 2. The molecule has 0 saturated heterocycles. The zero-order chi connectivity index (χ0) is 7.86. The lowest BCUT2D eigenvalue weighted by molar-refractivity contribution is 0.566. The van der Waals surface area contributed by atoms with Crippen molar-refractivity contribution in [2.45, 2.75) is 0 Å². The van der Waals surface area contributed by atoms with Crippen LogP contribution in [0, 0.1) is 5.41 Å². The lowest BCUT2D eigenvalue weighted by Gasteiger charge is -1.98. The van der Waals surface area contributed by atoms with Gasteiger partial charge in [0.25, 0.3) is 0 Å². The molecule has 0 atom stereocenters. The molecule has 4 heteroatoms. The highest BCUT2D eigenvalue weighted by Gasteiger charge is 1.62. The van der Waals surface area contributed by atoms with Gasteiger partial charge in [-0.1, -0.05) is 6.58 Å². The maximum atomic E-state index is 6.06. The van der Waals surface area contributed by atoms with E-state index in [2.05, 4.69) is 18.0 Å². The first-order valence-electron chi connectivity index (χ1n) is 2.39. The summed E-state index contributed by atoms with van der Waals surface area (Å²) < 4.78 is 0. The van der Waals surface area contributed by atoms with E-state index in [0.29, 0.717) is 0 Å². The van der Waals surface area contributed by atoms with Crippen LogP contribution in [0.4, 0.5) is 0 Å². The SMILES string of the molecule is C=CN(C)C.N=C(N)N. The Bertz CT molecular complexity index is 83.0. The summed E-state index contributed by atoms with van der Waals surface area (Å²) in [5.41, 5.74) is 8.94. The molecule has 4 nitrogen and oxygen atoms in total. The van der Waals surface area contributed by atoms with Crippen LogP contribution in [0.1, 0.15) is 0 Å². The Morgan fingerprint density at radius 2 is 1.67 bits per heavy atom. The first-order valence-corrected chi connectivity index (χ1v) is 2.39. The van der Waals surface area contributed by atoms with Gasteiger partial charge in [0.2, 0.25) is 0 Å². The molecule has 0 aromatic carbocycles. The molecule has 0 rings (SSSR count). The van der Waals surface area contributed by atoms with Crippen LogP contribution in [0.25, 0.3) is 0 Å². The summed E-state index contributed by atoms with van der Waals surface area (Å²) in [6.07, 6.45) is 1.75. The number of nitrogens with one attached hydrogen (secondary N) is 1. The summed E-state index contributed by atoms with van der Waals surface area (Å²) in [4.78, 5) is 1.89. The Morgan fingerprint density at radius 1 is 1.56 bits per heavy atom. The van der Waals surface area contributed by atoms with Crippen LogP contribution < -0.4 is 11.5 Å². The van der Waals surface area contributed by atoms with Crippen molar-refractivity contribution in [2.24, 2.45) is 11.5 Å². The maximum absolute atomic E-state index is 6.06. The van der Waals surface area contributed by atoms with E-state index < -0.39 is 0 Å². The van der Waals surface area contributed by atoms with Gasteiger partial charge >= 0.3 is 0 Å². The molecule has 9 heavy (non-hydrogen) atoms. The van der Waals surface area contributed by atoms with Gasteiger partial charge in [-0.15, -0.1) is 0 Å². The van der Waals surface area contributed by atoms with E-state index in [4.69, 9.17) is 5.41 Å². The van der Waals surface area contributed by atoms with E-state index in [-0.39, 0.29) is 5.96 Å². The molecule has 0 spiro atoms. The Kier molecular flexibility index (Phi) is 8.12. The van der Waals surface area contributed by atoms with Gasteiger partial charge in [-0.05, 0) is 6.20 Å². The van der Waals surface area contributed by atoms with Gasteiger partial charge in [-0.3, -0.25) is 5.41 Å². The normalized spacial score (nSPS) is 6.44. The Hall–Kier alpha value is -1.19. The molecule has 0 fully saturated rings. The maximum Gasteiger partial charge on any atom is 0.183 e. The number of guanidine groups is 1. The predicted molar refractivity (Wildman–Crippen MR) is 40.0 cm³/mol. The van der Waals surface area contributed by atoms with Crippen LogP contribution >= 0.6 is 0 Å². The van der Waals surface area contributed by atoms with Crippen molar-refractivity contribution in [1.82, 2.24) is 4.90 Å². The first-order chi connectivity index (χ1) is 4.00. The minimum atomic E-state index is -0.333. The summed E-state index contributed by atoms with van der Waals surface area (Å²) in [5, 5.41) is 6.06. The van der Waals surface area contributed by atoms with E-state index in [0.717, 1.165) is 0 Å². The van der Waals surface area contributed by atoms with E-state index >= 15 is 0 Å². The van der Waals surface area contributed by atoms with E-state index in [1.54, 1.807) is 6.20 Å². The van der Waals surface area contributed by atoms with Gasteiger partial charge in [-0.2, -0.15) is 0 Å². The van der Waals surface area contributed by atoms with Crippen LogP contribution in [0.2, 0.25) is 0 Å². The van der Waals surface area contributed by atoms with Crippen molar-refractivity contribution in [3.63, 3.8) is 0 Å². The fourth-order valence-electron chi connectivity index (χ4n) is 0. The quantitative estimate of drug-likeness (QED) is 0.331. The van der Waals surface area contributed by atoms with E-state index in [1.807, 2.05) is 19.0 Å². The minimum Gasteiger partial charge on any atom is -0.384 e. The molecule has 0 radical (unpaired) electrons. The molecule has 0 heterocycles. The van der Waals surface area contributed by atoms with Crippen LogP contribution in [-0.2, 0) is 0 Å². The van der Waals surface area contributed by atoms with Crippen LogP contribution in [0.5, 0.6) is 0 Å². The fourth-order valence-corrected chi connectivity index (χ4v) is 0. The highest BCUT2D eigenvalue weighted by atomic mass is 15.0. The number of hydrogen-bond donors (Lipinski definition) is 3. The number of nitrogens with zero attached hydrogens (tertiary/aromatic N) is 1. The highest BCUT2D eigenvalue weighted by Crippen LogP contribution is 1.64. The van der Waals surface area contributed by atoms with Gasteiger partial charge in [0.15, 0.2) is 5.96 Å². The third-order valence-corrected chi connectivity index (χ3v) is 0.365. The van der Waals surface area contributed by atoms with Crippen molar-refractivity contribution < 1.29 is 0 Å². The van der Waals surface area contributed by atoms with Crippen molar-refractivity contribution >= 4 is 5.96 Å². The average Bonchev–Trinajstić information content (AvgIpc) is 1.65. The summed E-state index contributed by atoms with van der Waals surface area (Å²) in [7, 11) is 3.88. The minimum absolute atomic E-state index is 0.333. The standard InChI is InChI=1S/C4H9N.CH5N3/c1-4-5(2)3;2-1(3)4/h4H,1H2,2-3H3;(H5,2,3,4). The van der Waals surface area contributed by atoms with Crippen molar-refractivity contribution in [3.8, 4) is 0 Å². The monoisotopic (exact) mass is 130 g/mol. The zero-order valence-electron chi connectivity index (χ0n) is 5.89. The van der Waals surface area contributed by atoms with Crippen molar-refractivity contribution in [2.75, 3.05) is 14.1 Å². The molecule has 0 aliphatic heterocycles. The van der Waals surface area contributed by atoms with E-state index in [1.165, 1.54) is 0 Å². The summed E-state index contributed by atoms with van der Waals surface area (Å²) in [6, 6.07) is 0. The molecular formula is C5H14N4. The average molecular weight is 130 g/mol. The van der Waals surface area contributed by atoms with Gasteiger partial charge in [0.05, 0.1) is 0 Å². The molecule has 0 saturated carbocycles. The second-order valence-electron chi connectivity index (χ2n) is 1.60. The summed E-state index contributed by atoms with van der Waals surface area (Å²) >= 11 is 0. The summed E-state index contributed by atoms with van der Waals surface area (Å²) in [6.45, 7) is 3.49. The molecule has 0 bridgehead atoms. The molecule has 54 valence electrons. The van der Waals surface area contributed by atoms with Gasteiger partial charge in [0, 0.05) is 14.1 Å². The van der Waals surface area contributed by atoms with Gasteiger partial charge in [-0.25, -0.2) is 0 Å². The summed E-state index contributed by atoms with van der Waals surface area (Å²) in [5.74, 6) is -0.333. The van der Waals surface area contributed by atoms with Crippen molar-refractivity contribution in [1.29, 1.82) is 5.41 Å². The van der Waals surface area contributed by atoms with Crippen LogP contribution in [-0.4, -0.2) is 25.0 Å². The predicted octanol–water partition coefficient (Wildman–Crippen LogP) is -0.470. The zero-order valence-corrected chi connectivity index (χ0v) is 5.89. The van der Waals surface area contributed by atoms with Crippen LogP contribution in [0.3, 0.4) is 0 Å². The lowest BCUT2D eigenvalue weighted by atomic mass is 10.9. The molecular weight excluding hydrogens is 116 g/mol. The van der Waals surface area contributed by atoms with Gasteiger partial charge < -0.3 is 16.4 Å². The largest absolute Gasteiger partial charge is 0.384 e. The second-order valence-corrected chi connectivity index (χ2v) is 1.60. The number of hydrogen-bond acceptors (Lipinski definition) is 2. The van der Waals surface area contributed by atoms with Crippen molar-refractivity contribution in [3.05, 3.63) is 12.8 Å². The Labute approximate surface area is 55.6 Å². The molecule has 0 aromatic rings. The third kappa shape index (κ3) is 240. The smallest absolute Gasteiger partial charge is 0.183 e. The topological polar surface area (TPSA) is 79.1 Å². The Morgan fingerprint density at radius 3 is 1.67 bits per heavy atom. The fraction of sp³-hybridized carbons (Fsp3) is 0.400. The van der Waals surface area contributed by atoms with Gasteiger partial charge in [0.1, 0.15) is 0 Å². The molecule has 0 aliphatic rings. The Balaban J connectivity index is 0. The molecule has 0 aliphatic carbocycles. The molecule has 0 amide bonds. The second kappa shape index (κ2) is 6.81. The molecule has 0 aromatic heterocycles. The molecule has 5 N–H and O–H groups in total. The van der Waals surface area contributed by atoms with Crippen LogP contribution in [0.15, 0.2) is 12.8 Å². The first kappa shape index (κ1) is 10.7. The van der Waals surface area contributed by atoms with E-state index in [9.17, 15) is 0 Å². The molecule has 0 unspecified atom stereocenters. The number of rotatable bonds is 1. The third-order valence-electron chi connectivity index (χ3n) is 0.365. The highest BCUT2D eigenvalue weighted by molar-refractivity contribution is 5.71. The lowest BCUT2D eigenvalue weighted by Crippen LogP contribution is -2.20.